The number of benzene rings is 1. The Hall–Kier alpha value is -0.850. The molecular formula is C11H12NO3S2-. The number of aryl methyl sites for hydroxylation is 1. The van der Waals surface area contributed by atoms with Gasteiger partial charge >= 0.3 is 0 Å². The number of hydrogen-bond donors (Lipinski definition) is 0. The molecule has 0 amide bonds. The Labute approximate surface area is 105 Å². The van der Waals surface area contributed by atoms with Crippen molar-refractivity contribution in [2.45, 2.75) is 18.2 Å². The lowest BCUT2D eigenvalue weighted by molar-refractivity contribution is 0.463. The van der Waals surface area contributed by atoms with Gasteiger partial charge in [-0.15, -0.1) is 11.8 Å². The van der Waals surface area contributed by atoms with Gasteiger partial charge in [-0.25, -0.2) is 8.42 Å². The second-order valence-corrected chi connectivity index (χ2v) is 6.40. The van der Waals surface area contributed by atoms with E-state index in [1.54, 1.807) is 11.8 Å². The van der Waals surface area contributed by atoms with Crippen LogP contribution in [0.2, 0.25) is 0 Å². The molecule has 0 unspecified atom stereocenters. The Morgan fingerprint density at radius 1 is 1.47 bits per heavy atom. The molecule has 0 N–H and O–H groups in total. The first kappa shape index (κ1) is 12.6. The van der Waals surface area contributed by atoms with Crippen molar-refractivity contribution in [2.75, 3.05) is 11.6 Å². The quantitative estimate of drug-likeness (QED) is 0.768. The fourth-order valence-corrected chi connectivity index (χ4v) is 3.03. The van der Waals surface area contributed by atoms with Gasteiger partial charge in [-0.2, -0.15) is 0 Å². The van der Waals surface area contributed by atoms with E-state index >= 15 is 0 Å². The van der Waals surface area contributed by atoms with Crippen LogP contribution in [-0.2, 0) is 10.1 Å². The number of rotatable bonds is 2. The molecule has 0 radical (unpaired) electrons. The summed E-state index contributed by atoms with van der Waals surface area (Å²) in [4.78, 5) is 5.04. The molecule has 4 nitrogen and oxygen atoms in total. The zero-order chi connectivity index (χ0) is 12.5. The molecule has 1 aliphatic heterocycles. The van der Waals surface area contributed by atoms with Gasteiger partial charge in [0.15, 0.2) is 0 Å². The van der Waals surface area contributed by atoms with E-state index in [0.717, 1.165) is 27.5 Å². The predicted octanol–water partition coefficient (Wildman–Crippen LogP) is 1.78. The molecule has 0 saturated carbocycles. The van der Waals surface area contributed by atoms with Crippen LogP contribution in [-0.4, -0.2) is 30.3 Å². The lowest BCUT2D eigenvalue weighted by atomic mass is 10.0. The monoisotopic (exact) mass is 270 g/mol. The van der Waals surface area contributed by atoms with Gasteiger partial charge in [-0.3, -0.25) is 4.99 Å². The maximum absolute atomic E-state index is 10.6. The first-order valence-corrected chi connectivity index (χ1v) is 7.73. The van der Waals surface area contributed by atoms with Crippen molar-refractivity contribution >= 4 is 27.6 Å². The summed E-state index contributed by atoms with van der Waals surface area (Å²) in [7, 11) is -4.28. The fraction of sp³-hybridized carbons (Fsp3) is 0.364. The molecule has 1 aromatic carbocycles. The molecular weight excluding hydrogens is 258 g/mol. The van der Waals surface area contributed by atoms with Crippen LogP contribution in [0.3, 0.4) is 0 Å². The van der Waals surface area contributed by atoms with E-state index in [1.165, 1.54) is 0 Å². The standard InChI is InChI=1S/C11H13NO3S2/c1-8-2-3-11-9(6-8)10(4-5-16-11)12-7-17(13,14)15/h2-3,6H,4-5,7H2,1H3,(H,13,14,15)/p-1/b12-10+. The second kappa shape index (κ2) is 4.80. The smallest absolute Gasteiger partial charge is 0.129 e. The lowest BCUT2D eigenvalue weighted by Gasteiger charge is -2.18. The van der Waals surface area contributed by atoms with Gasteiger partial charge in [0, 0.05) is 21.9 Å². The predicted molar refractivity (Wildman–Crippen MR) is 67.6 cm³/mol. The third kappa shape index (κ3) is 3.31. The Morgan fingerprint density at radius 3 is 2.94 bits per heavy atom. The summed E-state index contributed by atoms with van der Waals surface area (Å²) in [5.41, 5.74) is 2.79. The molecule has 0 atom stereocenters. The van der Waals surface area contributed by atoms with Crippen LogP contribution >= 0.6 is 11.8 Å². The molecule has 6 heteroatoms. The van der Waals surface area contributed by atoms with Crippen LogP contribution in [0.4, 0.5) is 0 Å². The second-order valence-electron chi connectivity index (χ2n) is 3.89. The van der Waals surface area contributed by atoms with Crippen molar-refractivity contribution in [3.63, 3.8) is 0 Å². The van der Waals surface area contributed by atoms with E-state index in [1.807, 2.05) is 25.1 Å². The van der Waals surface area contributed by atoms with E-state index in [0.29, 0.717) is 6.42 Å². The molecule has 0 bridgehead atoms. The van der Waals surface area contributed by atoms with Gasteiger partial charge in [0.25, 0.3) is 0 Å². The van der Waals surface area contributed by atoms with Crippen molar-refractivity contribution < 1.29 is 13.0 Å². The molecule has 0 fully saturated rings. The number of fused-ring (bicyclic) bond motifs is 1. The summed E-state index contributed by atoms with van der Waals surface area (Å²) in [5, 5.41) is 0. The minimum Gasteiger partial charge on any atom is -0.747 e. The van der Waals surface area contributed by atoms with Crippen LogP contribution < -0.4 is 0 Å². The highest BCUT2D eigenvalue weighted by Gasteiger charge is 2.15. The van der Waals surface area contributed by atoms with Gasteiger partial charge in [0.05, 0.1) is 0 Å². The lowest BCUT2D eigenvalue weighted by Crippen LogP contribution is -2.13. The molecule has 1 heterocycles. The highest BCUT2D eigenvalue weighted by Crippen LogP contribution is 2.30. The van der Waals surface area contributed by atoms with Gasteiger partial charge < -0.3 is 4.55 Å². The molecule has 92 valence electrons. The van der Waals surface area contributed by atoms with Gasteiger partial charge in [0.2, 0.25) is 0 Å². The first-order chi connectivity index (χ1) is 7.96. The molecule has 1 aromatic rings. The zero-order valence-corrected chi connectivity index (χ0v) is 11.0. The number of hydrogen-bond acceptors (Lipinski definition) is 5. The Kier molecular flexibility index (Phi) is 3.56. The van der Waals surface area contributed by atoms with E-state index in [9.17, 15) is 13.0 Å². The van der Waals surface area contributed by atoms with Crippen molar-refractivity contribution in [1.82, 2.24) is 0 Å². The van der Waals surface area contributed by atoms with Crippen molar-refractivity contribution in [1.29, 1.82) is 0 Å². The molecule has 0 aliphatic carbocycles. The molecule has 17 heavy (non-hydrogen) atoms. The minimum atomic E-state index is -4.28. The highest BCUT2D eigenvalue weighted by molar-refractivity contribution is 7.99. The third-order valence-corrected chi connectivity index (χ3v) is 3.98. The van der Waals surface area contributed by atoms with Crippen molar-refractivity contribution in [2.24, 2.45) is 4.99 Å². The zero-order valence-electron chi connectivity index (χ0n) is 9.34. The van der Waals surface area contributed by atoms with Crippen LogP contribution in [0.15, 0.2) is 28.1 Å². The molecule has 1 aliphatic rings. The Bertz CT molecular complexity index is 564. The minimum absolute atomic E-state index is 0.666. The maximum atomic E-state index is 10.6. The number of thioether (sulfide) groups is 1. The van der Waals surface area contributed by atoms with Crippen molar-refractivity contribution in [3.8, 4) is 0 Å². The topological polar surface area (TPSA) is 69.6 Å². The average molecular weight is 270 g/mol. The van der Waals surface area contributed by atoms with E-state index in [4.69, 9.17) is 0 Å². The summed E-state index contributed by atoms with van der Waals surface area (Å²) in [5.74, 6) is 0.203. The summed E-state index contributed by atoms with van der Waals surface area (Å²) in [6, 6.07) is 6.01. The molecule has 2 rings (SSSR count). The fourth-order valence-electron chi connectivity index (χ4n) is 1.71. The summed E-state index contributed by atoms with van der Waals surface area (Å²) in [6.07, 6.45) is 0.705. The largest absolute Gasteiger partial charge is 0.747 e. The molecule has 0 saturated heterocycles. The Morgan fingerprint density at radius 2 is 2.24 bits per heavy atom. The number of aliphatic imine (C=N–C) groups is 1. The number of nitrogens with zero attached hydrogens (tertiary/aromatic N) is 1. The maximum Gasteiger partial charge on any atom is 0.129 e. The molecule has 0 aromatic heterocycles. The van der Waals surface area contributed by atoms with Crippen LogP contribution in [0, 0.1) is 6.92 Å². The van der Waals surface area contributed by atoms with Crippen molar-refractivity contribution in [3.05, 3.63) is 29.3 Å². The highest BCUT2D eigenvalue weighted by atomic mass is 32.2. The first-order valence-electron chi connectivity index (χ1n) is 5.16. The van der Waals surface area contributed by atoms with Crippen LogP contribution in [0.1, 0.15) is 17.5 Å². The Balaban J connectivity index is 2.37. The summed E-state index contributed by atoms with van der Waals surface area (Å²) in [6.45, 7) is 1.97. The molecule has 0 spiro atoms. The van der Waals surface area contributed by atoms with E-state index in [2.05, 4.69) is 4.99 Å². The van der Waals surface area contributed by atoms with Gasteiger partial charge in [-0.1, -0.05) is 11.6 Å². The third-order valence-electron chi connectivity index (χ3n) is 2.46. The summed E-state index contributed by atoms with van der Waals surface area (Å²) >= 11 is 1.73. The van der Waals surface area contributed by atoms with Gasteiger partial charge in [0.1, 0.15) is 16.0 Å². The summed E-state index contributed by atoms with van der Waals surface area (Å²) < 4.78 is 31.8. The van der Waals surface area contributed by atoms with E-state index in [-0.39, 0.29) is 0 Å². The van der Waals surface area contributed by atoms with E-state index < -0.39 is 16.0 Å². The average Bonchev–Trinajstić information content (AvgIpc) is 2.25. The SMILES string of the molecule is Cc1ccc2c(c1)/C(=N/CS(=O)(=O)[O-])CCS2. The van der Waals surface area contributed by atoms with Gasteiger partial charge in [-0.05, 0) is 25.5 Å². The van der Waals surface area contributed by atoms with Crippen LogP contribution in [0.25, 0.3) is 0 Å². The normalized spacial score (nSPS) is 18.1. The van der Waals surface area contributed by atoms with Crippen LogP contribution in [0.5, 0.6) is 0 Å².